The first-order valence-corrected chi connectivity index (χ1v) is 9.77. The van der Waals surface area contributed by atoms with Gasteiger partial charge in [-0.1, -0.05) is 19.1 Å². The van der Waals surface area contributed by atoms with Gasteiger partial charge in [0, 0.05) is 11.7 Å². The number of benzene rings is 1. The highest BCUT2D eigenvalue weighted by atomic mass is 32.2. The molecule has 0 spiro atoms. The number of anilines is 1. The largest absolute Gasteiger partial charge is 0.497 e. The standard InChI is InChI=1S/C17H26N2O3S/c1-3-14(2)19-23(20,21)13-15-7-6-8-16(11-15)18-12-17-9-4-5-10-22-17/h5-8,10-11,14,17-19H,3-4,9,12-13H2,1-2H3/t14-,17-/m1/s1. The van der Waals surface area contributed by atoms with Crippen molar-refractivity contribution in [3.8, 4) is 0 Å². The lowest BCUT2D eigenvalue weighted by Crippen LogP contribution is -2.33. The third-order valence-corrected chi connectivity index (χ3v) is 5.31. The van der Waals surface area contributed by atoms with Gasteiger partial charge in [-0.25, -0.2) is 13.1 Å². The molecule has 2 atom stereocenters. The summed E-state index contributed by atoms with van der Waals surface area (Å²) >= 11 is 0. The van der Waals surface area contributed by atoms with Crippen LogP contribution in [0, 0.1) is 0 Å². The number of hydrogen-bond acceptors (Lipinski definition) is 4. The Bertz CT molecular complexity index is 628. The molecule has 0 aliphatic carbocycles. The van der Waals surface area contributed by atoms with Gasteiger partial charge in [-0.3, -0.25) is 0 Å². The minimum Gasteiger partial charge on any atom is -0.497 e. The smallest absolute Gasteiger partial charge is 0.216 e. The second kappa shape index (κ2) is 8.36. The lowest BCUT2D eigenvalue weighted by Gasteiger charge is -2.20. The molecule has 1 aromatic rings. The highest BCUT2D eigenvalue weighted by molar-refractivity contribution is 7.88. The maximum absolute atomic E-state index is 12.1. The number of rotatable bonds is 8. The molecule has 128 valence electrons. The molecule has 1 aromatic carbocycles. The van der Waals surface area contributed by atoms with Crippen LogP contribution in [0.2, 0.25) is 0 Å². The fraction of sp³-hybridized carbons (Fsp3) is 0.529. The van der Waals surface area contributed by atoms with Crippen LogP contribution >= 0.6 is 0 Å². The van der Waals surface area contributed by atoms with E-state index >= 15 is 0 Å². The first-order chi connectivity index (χ1) is 11.0. The van der Waals surface area contributed by atoms with Crippen LogP contribution in [0.4, 0.5) is 5.69 Å². The summed E-state index contributed by atoms with van der Waals surface area (Å²) in [6.45, 7) is 4.54. The highest BCUT2D eigenvalue weighted by Crippen LogP contribution is 2.15. The number of ether oxygens (including phenoxy) is 1. The van der Waals surface area contributed by atoms with Gasteiger partial charge in [0.15, 0.2) is 0 Å². The van der Waals surface area contributed by atoms with E-state index in [9.17, 15) is 8.42 Å². The van der Waals surface area contributed by atoms with Crippen molar-refractivity contribution in [2.24, 2.45) is 0 Å². The SMILES string of the molecule is CC[C@@H](C)NS(=O)(=O)Cc1cccc(NC[C@H]2CCC=CO2)c1. The Morgan fingerprint density at radius 3 is 2.91 bits per heavy atom. The minimum atomic E-state index is -3.31. The molecule has 1 aliphatic rings. The van der Waals surface area contributed by atoms with Crippen molar-refractivity contribution in [3.63, 3.8) is 0 Å². The Morgan fingerprint density at radius 1 is 1.39 bits per heavy atom. The Labute approximate surface area is 139 Å². The molecule has 5 nitrogen and oxygen atoms in total. The Balaban J connectivity index is 1.92. The van der Waals surface area contributed by atoms with Crippen molar-refractivity contribution < 1.29 is 13.2 Å². The average Bonchev–Trinajstić information content (AvgIpc) is 2.53. The summed E-state index contributed by atoms with van der Waals surface area (Å²) in [5.41, 5.74) is 1.69. The van der Waals surface area contributed by atoms with Gasteiger partial charge in [-0.15, -0.1) is 0 Å². The lowest BCUT2D eigenvalue weighted by atomic mass is 10.1. The molecule has 2 N–H and O–H groups in total. The Hall–Kier alpha value is -1.53. The molecule has 1 aliphatic heterocycles. The molecule has 0 aromatic heterocycles. The van der Waals surface area contributed by atoms with E-state index in [1.807, 2.05) is 44.2 Å². The van der Waals surface area contributed by atoms with E-state index in [2.05, 4.69) is 10.0 Å². The molecule has 0 saturated carbocycles. The van der Waals surface area contributed by atoms with Gasteiger partial charge in [-0.05, 0) is 50.0 Å². The van der Waals surface area contributed by atoms with Gasteiger partial charge in [0.05, 0.1) is 18.6 Å². The van der Waals surface area contributed by atoms with Crippen molar-refractivity contribution in [2.75, 3.05) is 11.9 Å². The van der Waals surface area contributed by atoms with E-state index in [-0.39, 0.29) is 17.9 Å². The first-order valence-electron chi connectivity index (χ1n) is 8.12. The Kier molecular flexibility index (Phi) is 6.47. The number of sulfonamides is 1. The van der Waals surface area contributed by atoms with Gasteiger partial charge >= 0.3 is 0 Å². The number of hydrogen-bond donors (Lipinski definition) is 2. The van der Waals surface area contributed by atoms with E-state index < -0.39 is 10.0 Å². The maximum Gasteiger partial charge on any atom is 0.216 e. The molecule has 1 heterocycles. The molecule has 23 heavy (non-hydrogen) atoms. The zero-order valence-corrected chi connectivity index (χ0v) is 14.6. The molecular weight excluding hydrogens is 312 g/mol. The predicted octanol–water partition coefficient (Wildman–Crippen LogP) is 3.01. The topological polar surface area (TPSA) is 67.4 Å². The highest BCUT2D eigenvalue weighted by Gasteiger charge is 2.15. The molecule has 0 fully saturated rings. The fourth-order valence-corrected chi connectivity index (χ4v) is 3.87. The summed E-state index contributed by atoms with van der Waals surface area (Å²) in [4.78, 5) is 0. The third-order valence-electron chi connectivity index (χ3n) is 3.83. The molecular formula is C17H26N2O3S. The van der Waals surface area contributed by atoms with Gasteiger partial charge in [0.25, 0.3) is 0 Å². The van der Waals surface area contributed by atoms with E-state index in [0.29, 0.717) is 6.54 Å². The van der Waals surface area contributed by atoms with Crippen LogP contribution in [0.3, 0.4) is 0 Å². The van der Waals surface area contributed by atoms with E-state index in [1.165, 1.54) is 0 Å². The monoisotopic (exact) mass is 338 g/mol. The summed E-state index contributed by atoms with van der Waals surface area (Å²) in [6.07, 6.45) is 6.74. The van der Waals surface area contributed by atoms with Gasteiger partial charge in [0.1, 0.15) is 6.10 Å². The number of nitrogens with one attached hydrogen (secondary N) is 2. The number of allylic oxidation sites excluding steroid dienone is 1. The molecule has 0 amide bonds. The van der Waals surface area contributed by atoms with Crippen molar-refractivity contribution in [1.82, 2.24) is 4.72 Å². The van der Waals surface area contributed by atoms with Crippen LogP contribution in [0.5, 0.6) is 0 Å². The van der Waals surface area contributed by atoms with Crippen LogP contribution in [0.25, 0.3) is 0 Å². The molecule has 0 unspecified atom stereocenters. The van der Waals surface area contributed by atoms with Crippen LogP contribution in [-0.2, 0) is 20.5 Å². The average molecular weight is 338 g/mol. The molecule has 0 saturated heterocycles. The second-order valence-corrected chi connectivity index (χ2v) is 7.73. The van der Waals surface area contributed by atoms with Crippen molar-refractivity contribution in [3.05, 3.63) is 42.2 Å². The normalized spacial score (nSPS) is 19.1. The first kappa shape index (κ1) is 17.8. The van der Waals surface area contributed by atoms with Crippen molar-refractivity contribution >= 4 is 15.7 Å². The molecule has 6 heteroatoms. The molecule has 0 bridgehead atoms. The van der Waals surface area contributed by atoms with Crippen LogP contribution < -0.4 is 10.0 Å². The van der Waals surface area contributed by atoms with Crippen LogP contribution in [0.1, 0.15) is 38.7 Å². The fourth-order valence-electron chi connectivity index (χ4n) is 2.39. The minimum absolute atomic E-state index is 0.00444. The van der Waals surface area contributed by atoms with Crippen LogP contribution in [0.15, 0.2) is 36.6 Å². The van der Waals surface area contributed by atoms with Crippen molar-refractivity contribution in [1.29, 1.82) is 0 Å². The predicted molar refractivity (Wildman–Crippen MR) is 93.7 cm³/mol. The lowest BCUT2D eigenvalue weighted by molar-refractivity contribution is 0.135. The quantitative estimate of drug-likeness (QED) is 0.764. The van der Waals surface area contributed by atoms with Gasteiger partial charge in [-0.2, -0.15) is 0 Å². The summed E-state index contributed by atoms with van der Waals surface area (Å²) in [7, 11) is -3.31. The molecule has 2 rings (SSSR count). The van der Waals surface area contributed by atoms with Crippen molar-refractivity contribution in [2.45, 2.75) is 51.0 Å². The van der Waals surface area contributed by atoms with Gasteiger partial charge < -0.3 is 10.1 Å². The summed E-state index contributed by atoms with van der Waals surface area (Å²) in [5, 5.41) is 3.32. The maximum atomic E-state index is 12.1. The van der Waals surface area contributed by atoms with E-state index in [1.54, 1.807) is 6.26 Å². The Morgan fingerprint density at radius 2 is 2.22 bits per heavy atom. The zero-order valence-electron chi connectivity index (χ0n) is 13.8. The second-order valence-electron chi connectivity index (χ2n) is 5.97. The summed E-state index contributed by atoms with van der Waals surface area (Å²) in [5.74, 6) is -0.00444. The van der Waals surface area contributed by atoms with E-state index in [0.717, 1.165) is 30.5 Å². The summed E-state index contributed by atoms with van der Waals surface area (Å²) < 4.78 is 32.5. The summed E-state index contributed by atoms with van der Waals surface area (Å²) in [6, 6.07) is 7.49. The zero-order chi connectivity index (χ0) is 16.7. The van der Waals surface area contributed by atoms with Gasteiger partial charge in [0.2, 0.25) is 10.0 Å². The van der Waals surface area contributed by atoms with Crippen LogP contribution in [-0.4, -0.2) is 27.1 Å². The molecule has 0 radical (unpaired) electrons. The third kappa shape index (κ3) is 6.23. The van der Waals surface area contributed by atoms with E-state index in [4.69, 9.17) is 4.74 Å².